The molecule has 160 valence electrons. The minimum absolute atomic E-state index is 0.278. The third kappa shape index (κ3) is 5.72. The number of esters is 1. The van der Waals surface area contributed by atoms with E-state index in [1.807, 2.05) is 63.2 Å². The summed E-state index contributed by atoms with van der Waals surface area (Å²) in [5, 5.41) is 2.88. The number of aryl methyl sites for hydroxylation is 3. The van der Waals surface area contributed by atoms with Gasteiger partial charge in [0.25, 0.3) is 5.91 Å². The summed E-state index contributed by atoms with van der Waals surface area (Å²) in [6.07, 6.45) is -0.963. The minimum Gasteiger partial charge on any atom is -0.488 e. The molecule has 0 heterocycles. The van der Waals surface area contributed by atoms with Crippen LogP contribution in [0, 0.1) is 20.8 Å². The molecule has 3 aromatic rings. The Labute approximate surface area is 183 Å². The third-order valence-electron chi connectivity index (χ3n) is 4.92. The van der Waals surface area contributed by atoms with Crippen molar-refractivity contribution in [3.63, 3.8) is 0 Å². The Morgan fingerprint density at radius 1 is 0.903 bits per heavy atom. The number of amides is 1. The molecule has 3 aromatic carbocycles. The van der Waals surface area contributed by atoms with Crippen molar-refractivity contribution in [2.24, 2.45) is 0 Å². The fourth-order valence-electron chi connectivity index (χ4n) is 3.38. The summed E-state index contributed by atoms with van der Waals surface area (Å²) in [7, 11) is 0. The number of anilines is 1. The highest BCUT2D eigenvalue weighted by Crippen LogP contribution is 2.23. The zero-order valence-corrected chi connectivity index (χ0v) is 18.3. The maximum atomic E-state index is 12.7. The van der Waals surface area contributed by atoms with Crippen molar-refractivity contribution in [1.82, 2.24) is 0 Å². The van der Waals surface area contributed by atoms with Gasteiger partial charge in [0.2, 0.25) is 0 Å². The molecule has 0 aromatic heterocycles. The predicted octanol–water partition coefficient (Wildman–Crippen LogP) is 5.37. The summed E-state index contributed by atoms with van der Waals surface area (Å²) in [6.45, 7) is 7.76. The van der Waals surface area contributed by atoms with E-state index >= 15 is 0 Å². The van der Waals surface area contributed by atoms with Crippen LogP contribution in [0.3, 0.4) is 0 Å². The van der Waals surface area contributed by atoms with Gasteiger partial charge in [-0.05, 0) is 56.5 Å². The van der Waals surface area contributed by atoms with Crippen LogP contribution in [0.4, 0.5) is 5.69 Å². The number of benzene rings is 3. The first-order valence-electron chi connectivity index (χ1n) is 10.2. The van der Waals surface area contributed by atoms with E-state index < -0.39 is 12.1 Å². The predicted molar refractivity (Wildman–Crippen MR) is 121 cm³/mol. The lowest BCUT2D eigenvalue weighted by atomic mass is 10.0. The van der Waals surface area contributed by atoms with Gasteiger partial charge >= 0.3 is 5.97 Å². The van der Waals surface area contributed by atoms with Crippen LogP contribution in [0.25, 0.3) is 0 Å². The van der Waals surface area contributed by atoms with Crippen molar-refractivity contribution in [3.05, 3.63) is 94.5 Å². The third-order valence-corrected chi connectivity index (χ3v) is 4.92. The number of para-hydroxylation sites is 1. The highest BCUT2D eigenvalue weighted by molar-refractivity contribution is 5.99. The lowest BCUT2D eigenvalue weighted by Gasteiger charge is -2.17. The molecular formula is C26H27NO4. The van der Waals surface area contributed by atoms with E-state index in [9.17, 15) is 9.59 Å². The highest BCUT2D eigenvalue weighted by Gasteiger charge is 2.22. The van der Waals surface area contributed by atoms with E-state index in [-0.39, 0.29) is 11.5 Å². The second-order valence-corrected chi connectivity index (χ2v) is 7.58. The molecule has 0 fully saturated rings. The molecule has 1 N–H and O–H groups in total. The summed E-state index contributed by atoms with van der Waals surface area (Å²) in [5.41, 5.74) is 5.06. The molecule has 0 aliphatic heterocycles. The first kappa shape index (κ1) is 22.1. The van der Waals surface area contributed by atoms with Gasteiger partial charge in [0.15, 0.2) is 6.10 Å². The molecule has 0 aliphatic rings. The zero-order chi connectivity index (χ0) is 22.4. The second kappa shape index (κ2) is 9.94. The summed E-state index contributed by atoms with van der Waals surface area (Å²) in [5.74, 6) is -0.580. The van der Waals surface area contributed by atoms with Crippen LogP contribution in [-0.2, 0) is 16.1 Å². The molecule has 0 saturated heterocycles. The van der Waals surface area contributed by atoms with Crippen LogP contribution in [0.1, 0.15) is 39.5 Å². The minimum atomic E-state index is -0.963. The van der Waals surface area contributed by atoms with Gasteiger partial charge in [-0.1, -0.05) is 60.2 Å². The van der Waals surface area contributed by atoms with Gasteiger partial charge in [-0.25, -0.2) is 4.79 Å². The molecule has 0 aliphatic carbocycles. The van der Waals surface area contributed by atoms with E-state index in [2.05, 4.69) is 5.32 Å². The summed E-state index contributed by atoms with van der Waals surface area (Å²) in [4.78, 5) is 25.4. The van der Waals surface area contributed by atoms with Crippen molar-refractivity contribution < 1.29 is 19.1 Å². The lowest BCUT2D eigenvalue weighted by Crippen LogP contribution is -2.30. The Kier molecular flexibility index (Phi) is 7.08. The SMILES string of the molecule is Cc1cc(C)c(NC(=O)C(C)OC(=O)c2ccccc2OCc2ccccc2)c(C)c1. The first-order chi connectivity index (χ1) is 14.8. The van der Waals surface area contributed by atoms with Crippen LogP contribution in [0.2, 0.25) is 0 Å². The molecule has 1 atom stereocenters. The number of hydrogen-bond acceptors (Lipinski definition) is 4. The van der Waals surface area contributed by atoms with Gasteiger partial charge in [-0.2, -0.15) is 0 Å². The maximum absolute atomic E-state index is 12.7. The quantitative estimate of drug-likeness (QED) is 0.525. The van der Waals surface area contributed by atoms with Crippen LogP contribution in [0.5, 0.6) is 5.75 Å². The van der Waals surface area contributed by atoms with Gasteiger partial charge in [-0.15, -0.1) is 0 Å². The van der Waals surface area contributed by atoms with E-state index in [1.54, 1.807) is 31.2 Å². The van der Waals surface area contributed by atoms with E-state index in [0.717, 1.165) is 27.9 Å². The molecule has 0 radical (unpaired) electrons. The smallest absolute Gasteiger partial charge is 0.342 e. The Hall–Kier alpha value is -3.60. The molecular weight excluding hydrogens is 390 g/mol. The van der Waals surface area contributed by atoms with Crippen LogP contribution in [-0.4, -0.2) is 18.0 Å². The summed E-state index contributed by atoms with van der Waals surface area (Å²) >= 11 is 0. The molecule has 31 heavy (non-hydrogen) atoms. The summed E-state index contributed by atoms with van der Waals surface area (Å²) < 4.78 is 11.3. The van der Waals surface area contributed by atoms with Gasteiger partial charge in [0.05, 0.1) is 0 Å². The van der Waals surface area contributed by atoms with E-state index in [0.29, 0.717) is 12.4 Å². The average molecular weight is 418 g/mol. The monoisotopic (exact) mass is 417 g/mol. The van der Waals surface area contributed by atoms with E-state index in [1.165, 1.54) is 0 Å². The standard InChI is InChI=1S/C26H27NO4/c1-17-14-18(2)24(19(3)15-17)27-25(28)20(4)31-26(29)22-12-8-9-13-23(22)30-16-21-10-6-5-7-11-21/h5-15,20H,16H2,1-4H3,(H,27,28). The Morgan fingerprint density at radius 3 is 2.19 bits per heavy atom. The lowest BCUT2D eigenvalue weighted by molar-refractivity contribution is -0.123. The molecule has 5 nitrogen and oxygen atoms in total. The van der Waals surface area contributed by atoms with Crippen molar-refractivity contribution in [2.75, 3.05) is 5.32 Å². The molecule has 3 rings (SSSR count). The van der Waals surface area contributed by atoms with E-state index in [4.69, 9.17) is 9.47 Å². The number of ether oxygens (including phenoxy) is 2. The Bertz CT molecular complexity index is 1050. The van der Waals surface area contributed by atoms with Crippen molar-refractivity contribution >= 4 is 17.6 Å². The van der Waals surface area contributed by atoms with Crippen molar-refractivity contribution in [3.8, 4) is 5.75 Å². The first-order valence-corrected chi connectivity index (χ1v) is 10.2. The topological polar surface area (TPSA) is 64.6 Å². The number of carbonyl (C=O) groups excluding carboxylic acids is 2. The average Bonchev–Trinajstić information content (AvgIpc) is 2.75. The fourth-order valence-corrected chi connectivity index (χ4v) is 3.38. The van der Waals surface area contributed by atoms with Crippen molar-refractivity contribution in [2.45, 2.75) is 40.4 Å². The molecule has 0 spiro atoms. The van der Waals surface area contributed by atoms with Crippen molar-refractivity contribution in [1.29, 1.82) is 0 Å². The number of carbonyl (C=O) groups is 2. The fraction of sp³-hybridized carbons (Fsp3) is 0.231. The van der Waals surface area contributed by atoms with Gasteiger partial charge in [0, 0.05) is 5.69 Å². The van der Waals surface area contributed by atoms with Gasteiger partial charge in [-0.3, -0.25) is 4.79 Å². The highest BCUT2D eigenvalue weighted by atomic mass is 16.5. The molecule has 0 bridgehead atoms. The number of rotatable bonds is 7. The Balaban J connectivity index is 1.66. The second-order valence-electron chi connectivity index (χ2n) is 7.58. The molecule has 0 saturated carbocycles. The Morgan fingerprint density at radius 2 is 1.52 bits per heavy atom. The largest absolute Gasteiger partial charge is 0.488 e. The molecule has 1 amide bonds. The van der Waals surface area contributed by atoms with Gasteiger partial charge < -0.3 is 14.8 Å². The molecule has 5 heteroatoms. The summed E-state index contributed by atoms with van der Waals surface area (Å²) in [6, 6.07) is 20.5. The van der Waals surface area contributed by atoms with Crippen LogP contribution < -0.4 is 10.1 Å². The van der Waals surface area contributed by atoms with Gasteiger partial charge in [0.1, 0.15) is 17.9 Å². The van der Waals surface area contributed by atoms with Crippen LogP contribution >= 0.6 is 0 Å². The number of hydrogen-bond donors (Lipinski definition) is 1. The zero-order valence-electron chi connectivity index (χ0n) is 18.3. The molecule has 1 unspecified atom stereocenters. The normalized spacial score (nSPS) is 11.5. The van der Waals surface area contributed by atoms with Crippen LogP contribution in [0.15, 0.2) is 66.7 Å². The maximum Gasteiger partial charge on any atom is 0.342 e. The number of nitrogens with one attached hydrogen (secondary N) is 1.